The van der Waals surface area contributed by atoms with Crippen LogP contribution in [0.1, 0.15) is 69.2 Å². The fraction of sp³-hybridized carbons (Fsp3) is 0.609. The van der Waals surface area contributed by atoms with Gasteiger partial charge in [-0.1, -0.05) is 39.5 Å². The molecule has 1 saturated heterocycles. The highest BCUT2D eigenvalue weighted by molar-refractivity contribution is 5.99. The van der Waals surface area contributed by atoms with E-state index in [2.05, 4.69) is 19.2 Å². The van der Waals surface area contributed by atoms with Gasteiger partial charge in [-0.3, -0.25) is 14.4 Å². The predicted octanol–water partition coefficient (Wildman–Crippen LogP) is 3.32. The Morgan fingerprint density at radius 2 is 1.70 bits per heavy atom. The molecule has 0 radical (unpaired) electrons. The molecular formula is C23H34N2O5. The van der Waals surface area contributed by atoms with Gasteiger partial charge in [0.1, 0.15) is 11.8 Å². The maximum atomic E-state index is 13.0. The molecule has 0 aromatic heterocycles. The smallest absolute Gasteiger partial charge is 0.308 e. The van der Waals surface area contributed by atoms with E-state index in [4.69, 9.17) is 9.47 Å². The van der Waals surface area contributed by atoms with E-state index in [-0.39, 0.29) is 18.2 Å². The molecule has 1 heterocycles. The van der Waals surface area contributed by atoms with Gasteiger partial charge < -0.3 is 19.7 Å². The first-order valence-corrected chi connectivity index (χ1v) is 11.0. The van der Waals surface area contributed by atoms with Crippen LogP contribution < -0.4 is 10.1 Å². The summed E-state index contributed by atoms with van der Waals surface area (Å²) in [6.45, 7) is 5.92. The molecule has 0 bridgehead atoms. The summed E-state index contributed by atoms with van der Waals surface area (Å²) in [7, 11) is 0. The monoisotopic (exact) mass is 418 g/mol. The van der Waals surface area contributed by atoms with Crippen LogP contribution in [0.15, 0.2) is 24.3 Å². The van der Waals surface area contributed by atoms with Crippen molar-refractivity contribution in [2.45, 2.75) is 64.8 Å². The van der Waals surface area contributed by atoms with Crippen LogP contribution in [-0.2, 0) is 14.3 Å². The Morgan fingerprint density at radius 1 is 1.03 bits per heavy atom. The van der Waals surface area contributed by atoms with Crippen LogP contribution in [0.4, 0.5) is 0 Å². The van der Waals surface area contributed by atoms with Gasteiger partial charge in [0.15, 0.2) is 0 Å². The molecule has 0 saturated carbocycles. The topological polar surface area (TPSA) is 84.9 Å². The largest absolute Gasteiger partial charge is 0.494 e. The Bertz CT molecular complexity index is 689. The van der Waals surface area contributed by atoms with E-state index >= 15 is 0 Å². The number of esters is 1. The molecule has 7 heteroatoms. The van der Waals surface area contributed by atoms with E-state index in [1.807, 2.05) is 0 Å². The van der Waals surface area contributed by atoms with Crippen LogP contribution in [0.5, 0.6) is 5.75 Å². The van der Waals surface area contributed by atoms with Crippen molar-refractivity contribution in [1.82, 2.24) is 10.2 Å². The van der Waals surface area contributed by atoms with Crippen LogP contribution in [0, 0.1) is 0 Å². The molecule has 166 valence electrons. The van der Waals surface area contributed by atoms with Crippen LogP contribution >= 0.6 is 0 Å². The number of carbonyl (C=O) groups is 3. The second-order valence-electron chi connectivity index (χ2n) is 7.52. The lowest BCUT2D eigenvalue weighted by molar-refractivity contribution is -0.147. The van der Waals surface area contributed by atoms with Crippen molar-refractivity contribution in [2.24, 2.45) is 0 Å². The van der Waals surface area contributed by atoms with E-state index in [0.29, 0.717) is 37.6 Å². The van der Waals surface area contributed by atoms with E-state index < -0.39 is 12.0 Å². The zero-order valence-electron chi connectivity index (χ0n) is 18.2. The van der Waals surface area contributed by atoms with Gasteiger partial charge >= 0.3 is 5.97 Å². The number of unbranched alkanes of at least 4 members (excludes halogenated alkanes) is 4. The summed E-state index contributed by atoms with van der Waals surface area (Å²) in [6, 6.07) is 6.07. The SMILES string of the molecule is CCCCCOC(=O)CC1C(=O)NCCN1C(=O)c1ccc(OCCCCC)cc1. The summed E-state index contributed by atoms with van der Waals surface area (Å²) in [5.41, 5.74) is 0.465. The highest BCUT2D eigenvalue weighted by Crippen LogP contribution is 2.18. The maximum absolute atomic E-state index is 13.0. The second kappa shape index (κ2) is 12.9. The fourth-order valence-corrected chi connectivity index (χ4v) is 3.32. The second-order valence-corrected chi connectivity index (χ2v) is 7.52. The minimum absolute atomic E-state index is 0.137. The summed E-state index contributed by atoms with van der Waals surface area (Å²) in [5, 5.41) is 2.73. The lowest BCUT2D eigenvalue weighted by Crippen LogP contribution is -2.57. The third-order valence-corrected chi connectivity index (χ3v) is 5.08. The molecule has 1 unspecified atom stereocenters. The fourth-order valence-electron chi connectivity index (χ4n) is 3.32. The van der Waals surface area contributed by atoms with Crippen LogP contribution in [0.3, 0.4) is 0 Å². The van der Waals surface area contributed by atoms with Crippen molar-refractivity contribution in [3.05, 3.63) is 29.8 Å². The van der Waals surface area contributed by atoms with Gasteiger partial charge in [0.05, 0.1) is 19.6 Å². The van der Waals surface area contributed by atoms with Crippen molar-refractivity contribution >= 4 is 17.8 Å². The number of piperazine rings is 1. The Hall–Kier alpha value is -2.57. The lowest BCUT2D eigenvalue weighted by atomic mass is 10.1. The Balaban J connectivity index is 1.95. The minimum Gasteiger partial charge on any atom is -0.494 e. The number of carbonyl (C=O) groups excluding carboxylic acids is 3. The number of rotatable bonds is 12. The average Bonchev–Trinajstić information content (AvgIpc) is 2.76. The van der Waals surface area contributed by atoms with Gasteiger partial charge in [0, 0.05) is 18.7 Å². The van der Waals surface area contributed by atoms with E-state index in [1.165, 1.54) is 4.90 Å². The summed E-state index contributed by atoms with van der Waals surface area (Å²) in [4.78, 5) is 39.0. The van der Waals surface area contributed by atoms with Crippen molar-refractivity contribution in [3.8, 4) is 5.75 Å². The van der Waals surface area contributed by atoms with Crippen molar-refractivity contribution in [1.29, 1.82) is 0 Å². The van der Waals surface area contributed by atoms with Gasteiger partial charge in [-0.2, -0.15) is 0 Å². The summed E-state index contributed by atoms with van der Waals surface area (Å²) < 4.78 is 10.9. The highest BCUT2D eigenvalue weighted by Gasteiger charge is 2.35. The molecule has 1 aliphatic rings. The quantitative estimate of drug-likeness (QED) is 0.416. The van der Waals surface area contributed by atoms with Crippen molar-refractivity contribution < 1.29 is 23.9 Å². The third-order valence-electron chi connectivity index (χ3n) is 5.08. The van der Waals surface area contributed by atoms with Crippen LogP contribution in [-0.4, -0.2) is 55.0 Å². The molecule has 1 aliphatic heterocycles. The number of nitrogens with zero attached hydrogens (tertiary/aromatic N) is 1. The zero-order valence-corrected chi connectivity index (χ0v) is 18.2. The third kappa shape index (κ3) is 7.35. The molecule has 30 heavy (non-hydrogen) atoms. The zero-order chi connectivity index (χ0) is 21.8. The average molecular weight is 419 g/mol. The molecule has 0 aliphatic carbocycles. The molecule has 1 atom stereocenters. The Labute approximate surface area is 179 Å². The first kappa shape index (κ1) is 23.7. The lowest BCUT2D eigenvalue weighted by Gasteiger charge is -2.34. The Kier molecular flexibility index (Phi) is 10.2. The van der Waals surface area contributed by atoms with Crippen molar-refractivity contribution in [2.75, 3.05) is 26.3 Å². The number of benzene rings is 1. The van der Waals surface area contributed by atoms with Gasteiger partial charge in [0.2, 0.25) is 5.91 Å². The first-order chi connectivity index (χ1) is 14.6. The number of hydrogen-bond donors (Lipinski definition) is 1. The maximum Gasteiger partial charge on any atom is 0.308 e. The van der Waals surface area contributed by atoms with E-state index in [0.717, 1.165) is 38.5 Å². The van der Waals surface area contributed by atoms with Gasteiger partial charge in [0.25, 0.3) is 5.91 Å². The molecule has 0 spiro atoms. The van der Waals surface area contributed by atoms with E-state index in [1.54, 1.807) is 24.3 Å². The van der Waals surface area contributed by atoms with Crippen LogP contribution in [0.25, 0.3) is 0 Å². The number of hydrogen-bond acceptors (Lipinski definition) is 5. The summed E-state index contributed by atoms with van der Waals surface area (Å²) in [6.07, 6.45) is 5.93. The van der Waals surface area contributed by atoms with E-state index in [9.17, 15) is 14.4 Å². The molecule has 1 fully saturated rings. The molecule has 1 aromatic carbocycles. The summed E-state index contributed by atoms with van der Waals surface area (Å²) >= 11 is 0. The standard InChI is InChI=1S/C23H34N2O5/c1-3-5-7-15-29-19-11-9-18(10-12-19)23(28)25-14-13-24-22(27)20(25)17-21(26)30-16-8-6-4-2/h9-12,20H,3-8,13-17H2,1-2H3,(H,24,27). The molecule has 1 N–H and O–H groups in total. The van der Waals surface area contributed by atoms with Crippen molar-refractivity contribution in [3.63, 3.8) is 0 Å². The molecule has 2 rings (SSSR count). The van der Waals surface area contributed by atoms with Crippen LogP contribution in [0.2, 0.25) is 0 Å². The molecule has 1 aromatic rings. The van der Waals surface area contributed by atoms with Gasteiger partial charge in [-0.05, 0) is 37.1 Å². The molecule has 7 nitrogen and oxygen atoms in total. The molecular weight excluding hydrogens is 384 g/mol. The number of ether oxygens (including phenoxy) is 2. The predicted molar refractivity (Wildman–Crippen MR) is 114 cm³/mol. The van der Waals surface area contributed by atoms with Gasteiger partial charge in [-0.25, -0.2) is 0 Å². The summed E-state index contributed by atoms with van der Waals surface area (Å²) in [5.74, 6) is -0.338. The Morgan fingerprint density at radius 3 is 2.37 bits per heavy atom. The first-order valence-electron chi connectivity index (χ1n) is 11.0. The number of amides is 2. The minimum atomic E-state index is -0.852. The number of nitrogens with one attached hydrogen (secondary N) is 1. The highest BCUT2D eigenvalue weighted by atomic mass is 16.5. The molecule has 2 amide bonds. The normalized spacial score (nSPS) is 16.1. The van der Waals surface area contributed by atoms with Gasteiger partial charge in [-0.15, -0.1) is 0 Å².